The summed E-state index contributed by atoms with van der Waals surface area (Å²) in [7, 11) is -10.7. The second-order valence-corrected chi connectivity index (χ2v) is 19.9. The Balaban J connectivity index is 2.59. The summed E-state index contributed by atoms with van der Waals surface area (Å²) in [5.41, 5.74) is 0. The summed E-state index contributed by atoms with van der Waals surface area (Å²) in [4.78, 5) is 54.4. The van der Waals surface area contributed by atoms with E-state index in [2.05, 4.69) is 54.8 Å². The van der Waals surface area contributed by atoms with Crippen LogP contribution in [0.2, 0.25) is 0 Å². The van der Waals surface area contributed by atoms with Crippen molar-refractivity contribution in [2.24, 2.45) is 0 Å². The first-order chi connectivity index (χ1) is 32.5. The van der Waals surface area contributed by atoms with E-state index in [1.165, 1.54) is 38.5 Å². The van der Waals surface area contributed by atoms with Crippen LogP contribution < -0.4 is 0 Å². The monoisotopic (exact) mass is 1010 g/mol. The Kier molecular flexibility index (Phi) is 36.8. The third-order valence-corrected chi connectivity index (χ3v) is 12.7. The van der Waals surface area contributed by atoms with Crippen LogP contribution in [-0.4, -0.2) is 114 Å². The zero-order valence-corrected chi connectivity index (χ0v) is 42.4. The van der Waals surface area contributed by atoms with E-state index in [1.807, 2.05) is 18.2 Å². The predicted octanol–water partition coefficient (Wildman–Crippen LogP) is 8.81. The van der Waals surface area contributed by atoms with Gasteiger partial charge in [-0.1, -0.05) is 158 Å². The molecule has 8 N–H and O–H groups in total. The number of rotatable bonds is 41. The predicted molar refractivity (Wildman–Crippen MR) is 261 cm³/mol. The molecule has 0 amide bonds. The standard InChI is InChI=1S/C49H86O17P2/c1-3-5-7-9-11-12-13-14-15-16-17-18-19-20-21-22-24-28-33-37-43(52)64-41(38-62-42(51)36-32-29-25-27-31-35-40(50)34-30-26-23-10-8-6-4-2)39-63-68(60,61)66-49-46(55)44(53)45(54)48(47(49)56)65-67(57,58)59/h6,8,11-12,14-15,23,26,30,34,40-41,44-50,53-56H,3-5,7,9-10,13,16-22,24-25,27-29,31-33,35-39H2,1-2H3,(H,60,61)(H2,57,58,59)/b8-6+,12-11-,15-14-,26-23+,34-30+/t40?,41-,44?,45?,46?,47?,48-,49+/m1/s1. The van der Waals surface area contributed by atoms with Crippen LogP contribution in [0.3, 0.4) is 0 Å². The Morgan fingerprint density at radius 2 is 1.07 bits per heavy atom. The third-order valence-electron chi connectivity index (χ3n) is 11.2. The number of esters is 2. The highest BCUT2D eigenvalue weighted by Crippen LogP contribution is 2.49. The fourth-order valence-electron chi connectivity index (χ4n) is 7.30. The van der Waals surface area contributed by atoms with Gasteiger partial charge in [-0.3, -0.25) is 23.2 Å². The van der Waals surface area contributed by atoms with E-state index in [1.54, 1.807) is 6.08 Å². The molecule has 1 saturated carbocycles. The molecule has 0 spiro atoms. The van der Waals surface area contributed by atoms with Crippen LogP contribution in [0.25, 0.3) is 0 Å². The molecule has 0 aromatic rings. The lowest BCUT2D eigenvalue weighted by molar-refractivity contribution is -0.216. The van der Waals surface area contributed by atoms with E-state index in [4.69, 9.17) is 18.5 Å². The summed E-state index contributed by atoms with van der Waals surface area (Å²) < 4.78 is 49.4. The number of phosphoric acid groups is 2. The van der Waals surface area contributed by atoms with Crippen molar-refractivity contribution < 1.29 is 82.0 Å². The molecule has 0 aliphatic heterocycles. The molecule has 0 aromatic heterocycles. The van der Waals surface area contributed by atoms with Crippen LogP contribution in [0.15, 0.2) is 60.8 Å². The van der Waals surface area contributed by atoms with Crippen molar-refractivity contribution in [1.82, 2.24) is 0 Å². The molecule has 0 radical (unpaired) electrons. The van der Waals surface area contributed by atoms with Gasteiger partial charge in [0, 0.05) is 12.8 Å². The van der Waals surface area contributed by atoms with Crippen LogP contribution in [0.1, 0.15) is 174 Å². The smallest absolute Gasteiger partial charge is 0.462 e. The SMILES string of the molecule is CC/C=C/C/C=C/C=C/C(O)CCCCCCCC(=O)OC[C@H](COP(=O)(O)O[C@H]1C(O)C(O)C(O)[C@@H](OP(=O)(O)O)C1O)OC(=O)CCCCCCCCCCC/C=C\C/C=C\CCCCC. The molecule has 68 heavy (non-hydrogen) atoms. The van der Waals surface area contributed by atoms with Crippen LogP contribution in [-0.2, 0) is 41.8 Å². The van der Waals surface area contributed by atoms with E-state index in [0.29, 0.717) is 19.3 Å². The second kappa shape index (κ2) is 39.3. The van der Waals surface area contributed by atoms with E-state index < -0.39 is 89.6 Å². The maximum atomic E-state index is 13.0. The minimum absolute atomic E-state index is 0.0167. The summed E-state index contributed by atoms with van der Waals surface area (Å²) in [5.74, 6) is -1.29. The Hall–Kier alpha value is -2.34. The second-order valence-electron chi connectivity index (χ2n) is 17.3. The van der Waals surface area contributed by atoms with E-state index in [-0.39, 0.29) is 12.8 Å². The fourth-order valence-corrected chi connectivity index (χ4v) is 8.84. The van der Waals surface area contributed by atoms with Gasteiger partial charge in [-0.15, -0.1) is 0 Å². The van der Waals surface area contributed by atoms with Crippen LogP contribution >= 0.6 is 15.6 Å². The Morgan fingerprint density at radius 3 is 1.66 bits per heavy atom. The normalized spacial score (nSPS) is 22.2. The molecule has 1 fully saturated rings. The van der Waals surface area contributed by atoms with E-state index >= 15 is 0 Å². The van der Waals surface area contributed by atoms with E-state index in [9.17, 15) is 58.9 Å². The summed E-state index contributed by atoms with van der Waals surface area (Å²) >= 11 is 0. The maximum Gasteiger partial charge on any atom is 0.472 e. The van der Waals surface area contributed by atoms with Crippen molar-refractivity contribution >= 4 is 27.6 Å². The largest absolute Gasteiger partial charge is 0.472 e. The van der Waals surface area contributed by atoms with Gasteiger partial charge in [0.05, 0.1) is 12.7 Å². The van der Waals surface area contributed by atoms with Crippen LogP contribution in [0.4, 0.5) is 0 Å². The molecule has 17 nitrogen and oxygen atoms in total. The third kappa shape index (κ3) is 33.3. The topological polar surface area (TPSA) is 276 Å². The number of aliphatic hydroxyl groups is 5. The zero-order chi connectivity index (χ0) is 50.5. The first kappa shape index (κ1) is 63.7. The van der Waals surface area contributed by atoms with Gasteiger partial charge < -0.3 is 49.7 Å². The van der Waals surface area contributed by atoms with Gasteiger partial charge in [0.2, 0.25) is 0 Å². The number of aliphatic hydroxyl groups excluding tert-OH is 5. The molecule has 6 unspecified atom stereocenters. The Morgan fingerprint density at radius 1 is 0.559 bits per heavy atom. The Labute approximate surface area is 405 Å². The first-order valence-corrected chi connectivity index (χ1v) is 28.0. The number of hydrogen-bond donors (Lipinski definition) is 8. The molecule has 9 atom stereocenters. The molecule has 0 aromatic carbocycles. The lowest BCUT2D eigenvalue weighted by Crippen LogP contribution is -2.64. The van der Waals surface area contributed by atoms with Crippen molar-refractivity contribution in [1.29, 1.82) is 0 Å². The molecular formula is C49H86O17P2. The zero-order valence-electron chi connectivity index (χ0n) is 40.6. The number of ether oxygens (including phenoxy) is 2. The number of carbonyl (C=O) groups excluding carboxylic acids is 2. The lowest BCUT2D eigenvalue weighted by atomic mass is 9.85. The Bertz CT molecular complexity index is 1560. The van der Waals surface area contributed by atoms with Crippen molar-refractivity contribution in [2.75, 3.05) is 13.2 Å². The van der Waals surface area contributed by atoms with Crippen molar-refractivity contribution in [3.8, 4) is 0 Å². The lowest BCUT2D eigenvalue weighted by Gasteiger charge is -2.43. The van der Waals surface area contributed by atoms with E-state index in [0.717, 1.165) is 89.9 Å². The quantitative estimate of drug-likeness (QED) is 0.00934. The molecule has 1 aliphatic rings. The molecule has 0 heterocycles. The summed E-state index contributed by atoms with van der Waals surface area (Å²) in [6, 6.07) is 0. The number of hydrogen-bond acceptors (Lipinski definition) is 14. The number of carbonyl (C=O) groups is 2. The number of unbranched alkanes of at least 4 members (excludes halogenated alkanes) is 16. The van der Waals surface area contributed by atoms with Gasteiger partial charge in [-0.25, -0.2) is 9.13 Å². The van der Waals surface area contributed by atoms with Crippen LogP contribution in [0.5, 0.6) is 0 Å². The van der Waals surface area contributed by atoms with Crippen LogP contribution in [0, 0.1) is 0 Å². The minimum atomic E-state index is -5.38. The highest BCUT2D eigenvalue weighted by molar-refractivity contribution is 7.47. The number of phosphoric ester groups is 2. The molecular weight excluding hydrogens is 922 g/mol. The van der Waals surface area contributed by atoms with Gasteiger partial charge >= 0.3 is 27.6 Å². The highest BCUT2D eigenvalue weighted by atomic mass is 31.2. The molecule has 394 valence electrons. The first-order valence-electron chi connectivity index (χ1n) is 24.9. The van der Waals surface area contributed by atoms with Gasteiger partial charge in [0.25, 0.3) is 0 Å². The highest BCUT2D eigenvalue weighted by Gasteiger charge is 2.54. The average Bonchev–Trinajstić information content (AvgIpc) is 3.29. The molecule has 19 heteroatoms. The minimum Gasteiger partial charge on any atom is -0.462 e. The molecule has 1 aliphatic carbocycles. The van der Waals surface area contributed by atoms with Crippen molar-refractivity contribution in [3.63, 3.8) is 0 Å². The van der Waals surface area contributed by atoms with Crippen molar-refractivity contribution in [3.05, 3.63) is 60.8 Å². The van der Waals surface area contributed by atoms with Gasteiger partial charge in [-0.05, 0) is 64.2 Å². The molecule has 0 bridgehead atoms. The molecule has 1 rings (SSSR count). The van der Waals surface area contributed by atoms with Crippen molar-refractivity contribution in [2.45, 2.75) is 223 Å². The van der Waals surface area contributed by atoms with Gasteiger partial charge in [-0.2, -0.15) is 0 Å². The summed E-state index contributed by atoms with van der Waals surface area (Å²) in [5, 5.41) is 51.5. The fraction of sp³-hybridized carbons (Fsp3) is 0.755. The number of allylic oxidation sites excluding steroid dienone is 9. The molecule has 0 saturated heterocycles. The van der Waals surface area contributed by atoms with Gasteiger partial charge in [0.1, 0.15) is 43.2 Å². The van der Waals surface area contributed by atoms with Gasteiger partial charge in [0.15, 0.2) is 6.10 Å². The summed E-state index contributed by atoms with van der Waals surface area (Å²) in [6.45, 7) is 2.88. The summed E-state index contributed by atoms with van der Waals surface area (Å²) in [6.07, 6.45) is 27.5. The maximum absolute atomic E-state index is 13.0. The average molecular weight is 1010 g/mol.